The summed E-state index contributed by atoms with van der Waals surface area (Å²) in [6.07, 6.45) is 1.20. The lowest BCUT2D eigenvalue weighted by Crippen LogP contribution is -2.23. The maximum Gasteiger partial charge on any atom is 0.323 e. The largest absolute Gasteiger partial charge is 0.461 e. The third-order valence-electron chi connectivity index (χ3n) is 3.45. The van der Waals surface area contributed by atoms with E-state index in [9.17, 15) is 0 Å². The lowest BCUT2D eigenvalue weighted by Gasteiger charge is -2.14. The molecule has 0 bridgehead atoms. The molecule has 0 aliphatic carbocycles. The molecule has 118 valence electrons. The number of rotatable bonds is 7. The van der Waals surface area contributed by atoms with Gasteiger partial charge in [-0.1, -0.05) is 6.92 Å². The predicted octanol–water partition coefficient (Wildman–Crippen LogP) is 0.698. The number of likely N-dealkylation sites (tertiary alicyclic amines) is 1. The molecule has 1 atom stereocenters. The van der Waals surface area contributed by atoms with Crippen LogP contribution in [0.5, 0.6) is 6.01 Å². The molecule has 1 aliphatic heterocycles. The van der Waals surface area contributed by atoms with Crippen molar-refractivity contribution in [1.82, 2.24) is 19.9 Å². The molecule has 0 amide bonds. The van der Waals surface area contributed by atoms with Crippen LogP contribution in [0.1, 0.15) is 27.2 Å². The third kappa shape index (κ3) is 4.68. The minimum absolute atomic E-state index is 0.00109. The Hall–Kier alpha value is -1.67. The molecule has 2 rings (SSSR count). The van der Waals surface area contributed by atoms with Gasteiger partial charge in [-0.25, -0.2) is 5.84 Å². The van der Waals surface area contributed by atoms with Gasteiger partial charge in [-0.3, -0.25) is 5.43 Å². The van der Waals surface area contributed by atoms with E-state index in [0.29, 0.717) is 17.8 Å². The van der Waals surface area contributed by atoms with Gasteiger partial charge in [-0.05, 0) is 39.3 Å². The van der Waals surface area contributed by atoms with Crippen LogP contribution < -0.4 is 21.3 Å². The van der Waals surface area contributed by atoms with Crippen LogP contribution in [0.15, 0.2) is 0 Å². The average molecular weight is 295 g/mol. The summed E-state index contributed by atoms with van der Waals surface area (Å²) in [5.74, 6) is 6.78. The van der Waals surface area contributed by atoms with E-state index >= 15 is 0 Å². The van der Waals surface area contributed by atoms with E-state index in [1.54, 1.807) is 0 Å². The highest BCUT2D eigenvalue weighted by Gasteiger charge is 2.21. The summed E-state index contributed by atoms with van der Waals surface area (Å²) >= 11 is 0. The fraction of sp³-hybridized carbons (Fsp3) is 0.769. The highest BCUT2D eigenvalue weighted by atomic mass is 16.5. The summed E-state index contributed by atoms with van der Waals surface area (Å²) in [4.78, 5) is 15.0. The highest BCUT2D eigenvalue weighted by molar-refractivity contribution is 5.35. The van der Waals surface area contributed by atoms with E-state index in [4.69, 9.17) is 10.6 Å². The Kier molecular flexibility index (Phi) is 5.51. The summed E-state index contributed by atoms with van der Waals surface area (Å²) in [6.45, 7) is 10.3. The Bertz CT molecular complexity index is 454. The first-order valence-electron chi connectivity index (χ1n) is 7.46. The van der Waals surface area contributed by atoms with Gasteiger partial charge in [0.05, 0.1) is 6.10 Å². The monoisotopic (exact) mass is 295 g/mol. The predicted molar refractivity (Wildman–Crippen MR) is 82.1 cm³/mol. The number of aromatic nitrogens is 3. The number of hydrogen-bond donors (Lipinski definition) is 3. The van der Waals surface area contributed by atoms with Crippen LogP contribution >= 0.6 is 0 Å². The normalized spacial score (nSPS) is 19.0. The van der Waals surface area contributed by atoms with Gasteiger partial charge in [0.1, 0.15) is 0 Å². The zero-order valence-electron chi connectivity index (χ0n) is 13.0. The number of ether oxygens (including phenoxy) is 1. The molecule has 8 nitrogen and oxygen atoms in total. The van der Waals surface area contributed by atoms with E-state index in [0.717, 1.165) is 26.2 Å². The quantitative estimate of drug-likeness (QED) is 0.499. The van der Waals surface area contributed by atoms with Gasteiger partial charge in [-0.15, -0.1) is 0 Å². The molecular formula is C13H25N7O. The highest BCUT2D eigenvalue weighted by Crippen LogP contribution is 2.17. The first-order chi connectivity index (χ1) is 10.1. The first kappa shape index (κ1) is 15.7. The third-order valence-corrected chi connectivity index (χ3v) is 3.45. The van der Waals surface area contributed by atoms with Crippen LogP contribution in [0.4, 0.5) is 11.9 Å². The molecule has 1 aromatic heterocycles. The zero-order valence-corrected chi connectivity index (χ0v) is 13.0. The smallest absolute Gasteiger partial charge is 0.323 e. The molecule has 2 heterocycles. The molecular weight excluding hydrogens is 270 g/mol. The summed E-state index contributed by atoms with van der Waals surface area (Å²) in [5.41, 5.74) is 2.43. The van der Waals surface area contributed by atoms with Gasteiger partial charge >= 0.3 is 6.01 Å². The molecule has 21 heavy (non-hydrogen) atoms. The van der Waals surface area contributed by atoms with Crippen molar-refractivity contribution in [3.8, 4) is 6.01 Å². The van der Waals surface area contributed by atoms with Gasteiger partial charge < -0.3 is 15.0 Å². The Balaban J connectivity index is 1.95. The summed E-state index contributed by atoms with van der Waals surface area (Å²) < 4.78 is 5.50. The molecule has 1 aromatic rings. The van der Waals surface area contributed by atoms with Crippen molar-refractivity contribution in [2.45, 2.75) is 33.3 Å². The van der Waals surface area contributed by atoms with Gasteiger partial charge in [0, 0.05) is 13.1 Å². The Morgan fingerprint density at radius 1 is 1.33 bits per heavy atom. The minimum atomic E-state index is -0.00109. The SMILES string of the molecule is CCN1CCC(CNc2nc(NN)nc(OC(C)C)n2)C1. The number of anilines is 2. The van der Waals surface area contributed by atoms with Crippen LogP contribution in [0, 0.1) is 5.92 Å². The molecule has 0 saturated carbocycles. The van der Waals surface area contributed by atoms with Crippen molar-refractivity contribution >= 4 is 11.9 Å². The van der Waals surface area contributed by atoms with E-state index in [2.05, 4.69) is 37.5 Å². The van der Waals surface area contributed by atoms with E-state index in [1.165, 1.54) is 6.42 Å². The molecule has 1 aliphatic rings. The molecule has 1 saturated heterocycles. The van der Waals surface area contributed by atoms with Crippen molar-refractivity contribution in [3.05, 3.63) is 0 Å². The fourth-order valence-corrected chi connectivity index (χ4v) is 2.37. The van der Waals surface area contributed by atoms with Crippen LogP contribution in [-0.2, 0) is 0 Å². The van der Waals surface area contributed by atoms with Crippen LogP contribution in [0.3, 0.4) is 0 Å². The van der Waals surface area contributed by atoms with Gasteiger partial charge in [0.25, 0.3) is 0 Å². The molecule has 0 spiro atoms. The van der Waals surface area contributed by atoms with Gasteiger partial charge in [0.15, 0.2) is 0 Å². The molecule has 0 radical (unpaired) electrons. The Morgan fingerprint density at radius 2 is 2.10 bits per heavy atom. The van der Waals surface area contributed by atoms with Crippen LogP contribution in [0.25, 0.3) is 0 Å². The summed E-state index contributed by atoms with van der Waals surface area (Å²) in [6, 6.07) is 0.275. The maximum absolute atomic E-state index is 5.50. The maximum atomic E-state index is 5.50. The zero-order chi connectivity index (χ0) is 15.2. The number of nitrogens with one attached hydrogen (secondary N) is 2. The van der Waals surface area contributed by atoms with Crippen molar-refractivity contribution in [1.29, 1.82) is 0 Å². The lowest BCUT2D eigenvalue weighted by molar-refractivity contribution is 0.222. The lowest BCUT2D eigenvalue weighted by atomic mass is 10.1. The van der Waals surface area contributed by atoms with Crippen LogP contribution in [-0.4, -0.2) is 52.1 Å². The number of hydrogen-bond acceptors (Lipinski definition) is 8. The second-order valence-corrected chi connectivity index (χ2v) is 5.50. The fourth-order valence-electron chi connectivity index (χ4n) is 2.37. The molecule has 1 unspecified atom stereocenters. The Labute approximate surface area is 125 Å². The summed E-state index contributed by atoms with van der Waals surface area (Å²) in [7, 11) is 0. The van der Waals surface area contributed by atoms with Crippen molar-refractivity contribution in [2.24, 2.45) is 11.8 Å². The van der Waals surface area contributed by atoms with Gasteiger partial charge in [-0.2, -0.15) is 15.0 Å². The molecule has 8 heteroatoms. The molecule has 1 fully saturated rings. The summed E-state index contributed by atoms with van der Waals surface area (Å²) in [5, 5.41) is 3.26. The first-order valence-corrected chi connectivity index (χ1v) is 7.46. The van der Waals surface area contributed by atoms with E-state index < -0.39 is 0 Å². The number of nitrogen functional groups attached to an aromatic ring is 1. The second kappa shape index (κ2) is 7.37. The number of hydrazine groups is 1. The second-order valence-electron chi connectivity index (χ2n) is 5.50. The van der Waals surface area contributed by atoms with Gasteiger partial charge in [0.2, 0.25) is 11.9 Å². The molecule has 0 aromatic carbocycles. The number of nitrogens with two attached hydrogens (primary N) is 1. The van der Waals surface area contributed by atoms with E-state index in [1.807, 2.05) is 13.8 Å². The average Bonchev–Trinajstić information content (AvgIpc) is 2.92. The molecule has 4 N–H and O–H groups in total. The standard InChI is InChI=1S/C13H25N7O/c1-4-20-6-5-10(8-20)7-15-11-16-12(19-14)18-13(17-11)21-9(2)3/h9-10H,4-8,14H2,1-3H3,(H2,15,16,17,18,19). The minimum Gasteiger partial charge on any atom is -0.461 e. The Morgan fingerprint density at radius 3 is 2.71 bits per heavy atom. The van der Waals surface area contributed by atoms with Crippen LogP contribution in [0.2, 0.25) is 0 Å². The number of nitrogens with zero attached hydrogens (tertiary/aromatic N) is 4. The topological polar surface area (TPSA) is 101 Å². The van der Waals surface area contributed by atoms with Crippen molar-refractivity contribution in [2.75, 3.05) is 36.9 Å². The van der Waals surface area contributed by atoms with Crippen molar-refractivity contribution in [3.63, 3.8) is 0 Å². The van der Waals surface area contributed by atoms with E-state index in [-0.39, 0.29) is 12.1 Å². The van der Waals surface area contributed by atoms with Crippen molar-refractivity contribution < 1.29 is 4.74 Å².